The van der Waals surface area contributed by atoms with Crippen molar-refractivity contribution >= 4 is 28.7 Å². The Morgan fingerprint density at radius 3 is 2.55 bits per heavy atom. The van der Waals surface area contributed by atoms with Gasteiger partial charge in [0.1, 0.15) is 30.4 Å². The summed E-state index contributed by atoms with van der Waals surface area (Å²) in [7, 11) is 0. The Morgan fingerprint density at radius 1 is 1.34 bits per heavy atom. The zero-order valence-electron chi connectivity index (χ0n) is 15.8. The van der Waals surface area contributed by atoms with Crippen LogP contribution in [0.3, 0.4) is 0 Å². The molecule has 29 heavy (non-hydrogen) atoms. The topological polar surface area (TPSA) is 226 Å². The van der Waals surface area contributed by atoms with Gasteiger partial charge in [0.15, 0.2) is 17.2 Å². The summed E-state index contributed by atoms with van der Waals surface area (Å²) in [5, 5.41) is 31.8. The number of ketones is 1. The molecule has 1 fully saturated rings. The molecule has 2 aromatic heterocycles. The first-order valence-electron chi connectivity index (χ1n) is 8.76. The number of ether oxygens (including phenoxy) is 1. The van der Waals surface area contributed by atoms with Gasteiger partial charge in [-0.3, -0.25) is 14.2 Å². The number of Topliss-reactive ketones (excluding diaryl/α,β-unsaturated/α-hetero) is 1. The van der Waals surface area contributed by atoms with Crippen LogP contribution in [0.5, 0.6) is 0 Å². The molecule has 1 saturated heterocycles. The zero-order chi connectivity index (χ0) is 21.7. The molecule has 2 aromatic rings. The van der Waals surface area contributed by atoms with Crippen LogP contribution in [0.4, 0.5) is 5.82 Å². The number of aromatic nitrogens is 4. The third-order valence-corrected chi connectivity index (χ3v) is 5.23. The first-order chi connectivity index (χ1) is 13.5. The van der Waals surface area contributed by atoms with Crippen molar-refractivity contribution in [2.24, 2.45) is 17.4 Å². The minimum atomic E-state index is -2.96. The van der Waals surface area contributed by atoms with E-state index in [9.17, 15) is 24.9 Å². The summed E-state index contributed by atoms with van der Waals surface area (Å²) in [4.78, 5) is 37.7. The van der Waals surface area contributed by atoms with Gasteiger partial charge in [0.2, 0.25) is 5.60 Å². The van der Waals surface area contributed by atoms with E-state index in [-0.39, 0.29) is 17.0 Å². The molecule has 5 atom stereocenters. The van der Waals surface area contributed by atoms with E-state index in [1.165, 1.54) is 0 Å². The second-order valence-electron chi connectivity index (χ2n) is 7.24. The fraction of sp³-hybridized carbons (Fsp3) is 0.562. The van der Waals surface area contributed by atoms with Crippen molar-refractivity contribution in [1.82, 2.24) is 19.5 Å². The van der Waals surface area contributed by atoms with E-state index in [0.717, 1.165) is 17.2 Å². The Kier molecular flexibility index (Phi) is 5.04. The van der Waals surface area contributed by atoms with Gasteiger partial charge in [-0.1, -0.05) is 13.8 Å². The molecule has 158 valence electrons. The predicted molar refractivity (Wildman–Crippen MR) is 97.6 cm³/mol. The number of aliphatic hydroxyl groups is 3. The normalized spacial score (nSPS) is 30.7. The molecule has 0 aromatic carbocycles. The first kappa shape index (κ1) is 21.0. The SMILES string of the molecule is CC(C)C(N)C(=O)[C@@]1(O)[C@H](O)[C@@H](CO)O[C@@]1(C(N)=O)n1cnc2c(N)ncnc21. The van der Waals surface area contributed by atoms with Gasteiger partial charge in [0.05, 0.1) is 12.6 Å². The molecule has 1 aliphatic heterocycles. The number of anilines is 1. The minimum absolute atomic E-state index is 0.0422. The van der Waals surface area contributed by atoms with E-state index in [4.69, 9.17) is 21.9 Å². The summed E-state index contributed by atoms with van der Waals surface area (Å²) < 4.78 is 6.45. The summed E-state index contributed by atoms with van der Waals surface area (Å²) in [6, 6.07) is -1.29. The first-order valence-corrected chi connectivity index (χ1v) is 8.76. The zero-order valence-corrected chi connectivity index (χ0v) is 15.8. The number of imidazole rings is 1. The maximum Gasteiger partial charge on any atom is 0.275 e. The lowest BCUT2D eigenvalue weighted by Crippen LogP contribution is -2.70. The molecule has 9 N–H and O–H groups in total. The van der Waals surface area contributed by atoms with E-state index in [1.54, 1.807) is 13.8 Å². The lowest BCUT2D eigenvalue weighted by atomic mass is 9.76. The Bertz CT molecular complexity index is 964. The monoisotopic (exact) mass is 409 g/mol. The van der Waals surface area contributed by atoms with Crippen LogP contribution in [0, 0.1) is 5.92 Å². The van der Waals surface area contributed by atoms with Crippen LogP contribution < -0.4 is 17.2 Å². The molecule has 13 heteroatoms. The summed E-state index contributed by atoms with van der Waals surface area (Å²) in [5.41, 5.74) is 11.6. The number of hydrogen-bond acceptors (Lipinski definition) is 11. The van der Waals surface area contributed by atoms with Crippen LogP contribution in [-0.2, 0) is 20.1 Å². The highest BCUT2D eigenvalue weighted by molar-refractivity contribution is 6.01. The molecule has 0 radical (unpaired) electrons. The Labute approximate surface area is 164 Å². The van der Waals surface area contributed by atoms with Crippen molar-refractivity contribution in [1.29, 1.82) is 0 Å². The highest BCUT2D eigenvalue weighted by Gasteiger charge is 2.74. The fourth-order valence-corrected chi connectivity index (χ4v) is 3.54. The van der Waals surface area contributed by atoms with Crippen LogP contribution in [0.1, 0.15) is 13.8 Å². The number of nitrogen functional groups attached to an aromatic ring is 1. The molecule has 1 aliphatic rings. The van der Waals surface area contributed by atoms with Crippen LogP contribution in [-0.4, -0.2) is 77.0 Å². The molecule has 3 rings (SSSR count). The molecule has 3 heterocycles. The molecule has 1 amide bonds. The number of rotatable bonds is 6. The average molecular weight is 409 g/mol. The number of carbonyl (C=O) groups excluding carboxylic acids is 2. The maximum absolute atomic E-state index is 13.2. The van der Waals surface area contributed by atoms with Gasteiger partial charge >= 0.3 is 0 Å². The molecule has 0 saturated carbocycles. The molecule has 13 nitrogen and oxygen atoms in total. The van der Waals surface area contributed by atoms with E-state index in [1.807, 2.05) is 0 Å². The van der Waals surface area contributed by atoms with E-state index >= 15 is 0 Å². The second-order valence-corrected chi connectivity index (χ2v) is 7.24. The smallest absolute Gasteiger partial charge is 0.275 e. The van der Waals surface area contributed by atoms with Gasteiger partial charge in [-0.2, -0.15) is 0 Å². The van der Waals surface area contributed by atoms with Gasteiger partial charge in [-0.25, -0.2) is 15.0 Å². The number of nitrogens with two attached hydrogens (primary N) is 3. The second kappa shape index (κ2) is 6.96. The van der Waals surface area contributed by atoms with Gasteiger partial charge in [-0.15, -0.1) is 0 Å². The molecule has 1 unspecified atom stereocenters. The number of carbonyl (C=O) groups is 2. The fourth-order valence-electron chi connectivity index (χ4n) is 3.54. The third kappa shape index (κ3) is 2.63. The lowest BCUT2D eigenvalue weighted by molar-refractivity contribution is -0.202. The van der Waals surface area contributed by atoms with Crippen molar-refractivity contribution < 1.29 is 29.6 Å². The van der Waals surface area contributed by atoms with E-state index in [0.29, 0.717) is 0 Å². The third-order valence-electron chi connectivity index (χ3n) is 5.23. The molecule has 0 bridgehead atoms. The number of fused-ring (bicyclic) bond motifs is 1. The van der Waals surface area contributed by atoms with Gasteiger partial charge in [-0.05, 0) is 5.92 Å². The average Bonchev–Trinajstić information content (AvgIpc) is 3.20. The molecular formula is C16H23N7O6. The van der Waals surface area contributed by atoms with Crippen molar-refractivity contribution in [3.63, 3.8) is 0 Å². The Balaban J connectivity index is 2.36. The summed E-state index contributed by atoms with van der Waals surface area (Å²) in [6.45, 7) is 2.40. The highest BCUT2D eigenvalue weighted by atomic mass is 16.6. The van der Waals surface area contributed by atoms with Crippen LogP contribution in [0.25, 0.3) is 11.2 Å². The molecule has 0 aliphatic carbocycles. The van der Waals surface area contributed by atoms with Gasteiger partial charge in [0, 0.05) is 0 Å². The van der Waals surface area contributed by atoms with Gasteiger partial charge < -0.3 is 37.3 Å². The van der Waals surface area contributed by atoms with Crippen LogP contribution in [0.15, 0.2) is 12.7 Å². The predicted octanol–water partition coefficient (Wildman–Crippen LogP) is -3.42. The van der Waals surface area contributed by atoms with Crippen molar-refractivity contribution in [3.8, 4) is 0 Å². The van der Waals surface area contributed by atoms with E-state index in [2.05, 4.69) is 15.0 Å². The summed E-state index contributed by atoms with van der Waals surface area (Å²) in [6.07, 6.45) is -1.48. The molecule has 0 spiro atoms. The number of hydrogen-bond donors (Lipinski definition) is 6. The minimum Gasteiger partial charge on any atom is -0.394 e. The maximum atomic E-state index is 13.2. The highest BCUT2D eigenvalue weighted by Crippen LogP contribution is 2.46. The number of primary amides is 1. The summed E-state index contributed by atoms with van der Waals surface area (Å²) in [5.74, 6) is -2.94. The number of nitrogens with zero attached hydrogens (tertiary/aromatic N) is 4. The quantitative estimate of drug-likeness (QED) is 0.275. The van der Waals surface area contributed by atoms with Crippen LogP contribution >= 0.6 is 0 Å². The summed E-state index contributed by atoms with van der Waals surface area (Å²) >= 11 is 0. The number of aliphatic hydroxyl groups excluding tert-OH is 2. The van der Waals surface area contributed by atoms with Crippen LogP contribution in [0.2, 0.25) is 0 Å². The van der Waals surface area contributed by atoms with E-state index < -0.39 is 53.8 Å². The van der Waals surface area contributed by atoms with Crippen molar-refractivity contribution in [3.05, 3.63) is 12.7 Å². The Hall–Kier alpha value is -2.71. The number of amides is 1. The Morgan fingerprint density at radius 2 is 2.00 bits per heavy atom. The largest absolute Gasteiger partial charge is 0.394 e. The van der Waals surface area contributed by atoms with Gasteiger partial charge in [0.25, 0.3) is 11.6 Å². The standard InChI is InChI=1S/C16H23N7O6/c1-6(2)8(17)11(26)15(28)10(25)7(3-24)29-16(15,14(19)27)23-5-22-9-12(18)20-4-21-13(9)23/h4-8,10,24-25,28H,3,17H2,1-2H3,(H2,19,27)(H2,18,20,21)/t7-,8?,10-,15+,16-/m1/s1. The lowest BCUT2D eigenvalue weighted by Gasteiger charge is -2.40. The van der Waals surface area contributed by atoms with Crippen molar-refractivity contribution in [2.75, 3.05) is 12.3 Å². The van der Waals surface area contributed by atoms with Crippen molar-refractivity contribution in [2.45, 2.75) is 43.4 Å². The molecular weight excluding hydrogens is 386 g/mol.